The molecular weight excluding hydrogens is 316 g/mol. The second-order valence-electron chi connectivity index (χ2n) is 6.24. The number of hydrogen-bond donors (Lipinski definition) is 2. The Kier molecular flexibility index (Phi) is 5.30. The van der Waals surface area contributed by atoms with Crippen molar-refractivity contribution >= 4 is 11.7 Å². The minimum Gasteiger partial charge on any atom is -0.465 e. The second-order valence-corrected chi connectivity index (χ2v) is 6.24. The largest absolute Gasteiger partial charge is 0.465 e. The van der Waals surface area contributed by atoms with E-state index in [-0.39, 0.29) is 18.6 Å². The molecule has 1 aromatic carbocycles. The van der Waals surface area contributed by atoms with E-state index in [2.05, 4.69) is 10.6 Å². The van der Waals surface area contributed by atoms with Crippen molar-refractivity contribution in [2.24, 2.45) is 0 Å². The van der Waals surface area contributed by atoms with Crippen molar-refractivity contribution in [3.05, 3.63) is 28.8 Å². The van der Waals surface area contributed by atoms with Crippen molar-refractivity contribution in [1.29, 1.82) is 0 Å². The van der Waals surface area contributed by atoms with Crippen molar-refractivity contribution in [3.8, 4) is 0 Å². The monoisotopic (exact) mass is 339 g/mol. The van der Waals surface area contributed by atoms with Crippen molar-refractivity contribution in [2.45, 2.75) is 25.3 Å². The zero-order valence-corrected chi connectivity index (χ0v) is 13.8. The van der Waals surface area contributed by atoms with E-state index < -0.39 is 6.43 Å². The molecule has 2 aliphatic rings. The maximum absolute atomic E-state index is 12.7. The Morgan fingerprint density at radius 2 is 2.25 bits per heavy atom. The quantitative estimate of drug-likeness (QED) is 0.823. The van der Waals surface area contributed by atoms with Gasteiger partial charge in [0.15, 0.2) is 0 Å². The van der Waals surface area contributed by atoms with Crippen LogP contribution in [0.5, 0.6) is 0 Å². The highest BCUT2D eigenvalue weighted by atomic mass is 19.3. The third kappa shape index (κ3) is 3.52. The summed E-state index contributed by atoms with van der Waals surface area (Å²) in [5.74, 6) is -0.358. The number of carbonyl (C=O) groups is 1. The van der Waals surface area contributed by atoms with Gasteiger partial charge in [-0.25, -0.2) is 13.6 Å². The molecule has 0 radical (unpaired) electrons. The fourth-order valence-corrected chi connectivity index (χ4v) is 3.60. The van der Waals surface area contributed by atoms with Crippen LogP contribution in [0.4, 0.5) is 14.5 Å². The summed E-state index contributed by atoms with van der Waals surface area (Å²) in [4.78, 5) is 13.8. The number of esters is 1. The van der Waals surface area contributed by atoms with Crippen LogP contribution in [0.25, 0.3) is 0 Å². The van der Waals surface area contributed by atoms with Gasteiger partial charge >= 0.3 is 5.97 Å². The van der Waals surface area contributed by atoms with E-state index in [1.807, 2.05) is 6.07 Å². The number of rotatable bonds is 4. The van der Waals surface area contributed by atoms with Crippen LogP contribution in [0.1, 0.15) is 33.9 Å². The average Bonchev–Trinajstić information content (AvgIpc) is 2.59. The van der Waals surface area contributed by atoms with E-state index in [1.165, 1.54) is 7.11 Å². The van der Waals surface area contributed by atoms with Crippen LogP contribution in [0.3, 0.4) is 0 Å². The molecule has 1 fully saturated rings. The molecule has 0 saturated carbocycles. The maximum atomic E-state index is 12.7. The molecule has 0 bridgehead atoms. The van der Waals surface area contributed by atoms with Crippen molar-refractivity contribution < 1.29 is 18.3 Å². The Hall–Kier alpha value is -1.73. The molecule has 0 amide bonds. The number of benzene rings is 1. The van der Waals surface area contributed by atoms with Gasteiger partial charge in [-0.05, 0) is 30.0 Å². The van der Waals surface area contributed by atoms with E-state index in [0.717, 1.165) is 36.2 Å². The Labute approximate surface area is 140 Å². The number of nitrogens with one attached hydrogen (secondary N) is 2. The minimum atomic E-state index is -2.32. The zero-order valence-electron chi connectivity index (χ0n) is 13.8. The molecule has 1 aromatic rings. The van der Waals surface area contributed by atoms with Crippen LogP contribution < -0.4 is 10.6 Å². The van der Waals surface area contributed by atoms with Gasteiger partial charge in [-0.15, -0.1) is 0 Å². The summed E-state index contributed by atoms with van der Waals surface area (Å²) in [5.41, 5.74) is 3.55. The van der Waals surface area contributed by atoms with Crippen LogP contribution in [0, 0.1) is 0 Å². The van der Waals surface area contributed by atoms with Gasteiger partial charge in [0.25, 0.3) is 6.43 Å². The van der Waals surface area contributed by atoms with Gasteiger partial charge in [0.1, 0.15) is 0 Å². The first-order valence-corrected chi connectivity index (χ1v) is 8.32. The van der Waals surface area contributed by atoms with Crippen molar-refractivity contribution in [1.82, 2.24) is 10.2 Å². The van der Waals surface area contributed by atoms with Crippen LogP contribution in [0.15, 0.2) is 12.1 Å². The molecule has 0 aromatic heterocycles. The summed E-state index contributed by atoms with van der Waals surface area (Å²) in [6, 6.07) is 3.70. The predicted molar refractivity (Wildman–Crippen MR) is 87.8 cm³/mol. The Balaban J connectivity index is 1.89. The average molecular weight is 339 g/mol. The SMILES string of the molecule is COC(=O)c1ccc(C2CN(CC(F)F)CCN2)c2c1NCCC2. The van der Waals surface area contributed by atoms with Gasteiger partial charge in [-0.3, -0.25) is 4.90 Å². The summed E-state index contributed by atoms with van der Waals surface area (Å²) in [5, 5.41) is 6.73. The van der Waals surface area contributed by atoms with Gasteiger partial charge in [0.05, 0.1) is 24.9 Å². The summed E-state index contributed by atoms with van der Waals surface area (Å²) < 4.78 is 30.2. The molecule has 1 atom stereocenters. The lowest BCUT2D eigenvalue weighted by molar-refractivity contribution is 0.0601. The highest BCUT2D eigenvalue weighted by molar-refractivity contribution is 5.97. The lowest BCUT2D eigenvalue weighted by Crippen LogP contribution is -2.47. The normalized spacial score (nSPS) is 21.2. The minimum absolute atomic E-state index is 0.00199. The molecule has 24 heavy (non-hydrogen) atoms. The molecule has 0 aliphatic carbocycles. The first-order chi connectivity index (χ1) is 11.6. The van der Waals surface area contributed by atoms with E-state index in [4.69, 9.17) is 4.74 Å². The van der Waals surface area contributed by atoms with Gasteiger partial charge in [0, 0.05) is 32.2 Å². The fourth-order valence-electron chi connectivity index (χ4n) is 3.60. The third-order valence-corrected chi connectivity index (χ3v) is 4.69. The summed E-state index contributed by atoms with van der Waals surface area (Å²) >= 11 is 0. The number of alkyl halides is 2. The number of ether oxygens (including phenoxy) is 1. The molecule has 132 valence electrons. The van der Waals surface area contributed by atoms with Crippen molar-refractivity contribution in [3.63, 3.8) is 0 Å². The first-order valence-electron chi connectivity index (χ1n) is 8.32. The lowest BCUT2D eigenvalue weighted by Gasteiger charge is -2.35. The summed E-state index contributed by atoms with van der Waals surface area (Å²) in [6.07, 6.45) is -0.464. The molecular formula is C17H23F2N3O2. The van der Waals surface area contributed by atoms with Gasteiger partial charge in [-0.1, -0.05) is 6.07 Å². The van der Waals surface area contributed by atoms with Gasteiger partial charge in [0.2, 0.25) is 0 Å². The lowest BCUT2D eigenvalue weighted by atomic mass is 9.89. The number of anilines is 1. The summed E-state index contributed by atoms with van der Waals surface area (Å²) in [6.45, 7) is 2.48. The predicted octanol–water partition coefficient (Wildman–Crippen LogP) is 2.04. The van der Waals surface area contributed by atoms with Gasteiger partial charge < -0.3 is 15.4 Å². The number of fused-ring (bicyclic) bond motifs is 1. The smallest absolute Gasteiger partial charge is 0.339 e. The molecule has 0 spiro atoms. The van der Waals surface area contributed by atoms with Crippen LogP contribution in [-0.4, -0.2) is 57.1 Å². The van der Waals surface area contributed by atoms with E-state index >= 15 is 0 Å². The Bertz CT molecular complexity index is 610. The molecule has 2 heterocycles. The maximum Gasteiger partial charge on any atom is 0.339 e. The highest BCUT2D eigenvalue weighted by Crippen LogP contribution is 2.34. The van der Waals surface area contributed by atoms with E-state index in [1.54, 1.807) is 11.0 Å². The summed E-state index contributed by atoms with van der Waals surface area (Å²) in [7, 11) is 1.37. The topological polar surface area (TPSA) is 53.6 Å². The van der Waals surface area contributed by atoms with E-state index in [9.17, 15) is 13.6 Å². The van der Waals surface area contributed by atoms with E-state index in [0.29, 0.717) is 25.2 Å². The Morgan fingerprint density at radius 1 is 1.42 bits per heavy atom. The van der Waals surface area contributed by atoms with Crippen LogP contribution >= 0.6 is 0 Å². The Morgan fingerprint density at radius 3 is 3.00 bits per heavy atom. The molecule has 7 heteroatoms. The van der Waals surface area contributed by atoms with Crippen LogP contribution in [0.2, 0.25) is 0 Å². The fraction of sp³-hybridized carbons (Fsp3) is 0.588. The highest BCUT2D eigenvalue weighted by Gasteiger charge is 2.28. The van der Waals surface area contributed by atoms with Crippen molar-refractivity contribution in [2.75, 3.05) is 45.2 Å². The molecule has 1 unspecified atom stereocenters. The number of piperazine rings is 1. The van der Waals surface area contributed by atoms with Crippen LogP contribution in [-0.2, 0) is 11.2 Å². The third-order valence-electron chi connectivity index (χ3n) is 4.69. The second kappa shape index (κ2) is 7.44. The number of carbonyl (C=O) groups excluding carboxylic acids is 1. The molecule has 5 nitrogen and oxygen atoms in total. The molecule has 2 N–H and O–H groups in total. The molecule has 1 saturated heterocycles. The number of halogens is 2. The molecule has 2 aliphatic heterocycles. The van der Waals surface area contributed by atoms with Gasteiger partial charge in [-0.2, -0.15) is 0 Å². The zero-order chi connectivity index (χ0) is 17.1. The first kappa shape index (κ1) is 17.1. The standard InChI is InChI=1S/C17H23F2N3O2/c1-24-17(23)13-5-4-11(12-3-2-6-21-16(12)13)14-9-22(8-7-20-14)10-15(18)19/h4-5,14-15,20-21H,2-3,6-10H2,1H3. The number of nitrogens with zero attached hydrogens (tertiary/aromatic N) is 1. The molecule has 3 rings (SSSR count). The number of hydrogen-bond acceptors (Lipinski definition) is 5. The number of methoxy groups -OCH3 is 1.